The van der Waals surface area contributed by atoms with Gasteiger partial charge in [0.25, 0.3) is 0 Å². The molecule has 0 unspecified atom stereocenters. The third kappa shape index (κ3) is 5.03. The van der Waals surface area contributed by atoms with Gasteiger partial charge in [0.05, 0.1) is 13.7 Å². The maximum Gasteiger partial charge on any atom is 0.190 e. The number of Topliss-reactive ketones (excluding diaryl/α,β-unsaturated/α-hetero) is 1. The lowest BCUT2D eigenvalue weighted by Crippen LogP contribution is -2.06. The van der Waals surface area contributed by atoms with Gasteiger partial charge in [-0.2, -0.15) is 0 Å². The summed E-state index contributed by atoms with van der Waals surface area (Å²) < 4.78 is 10.9. The minimum Gasteiger partial charge on any atom is -0.493 e. The van der Waals surface area contributed by atoms with E-state index in [1.54, 1.807) is 19.4 Å². The van der Waals surface area contributed by atoms with E-state index < -0.39 is 0 Å². The first-order valence-electron chi connectivity index (χ1n) is 6.89. The van der Waals surface area contributed by atoms with Crippen LogP contribution in [-0.2, 0) is 0 Å². The van der Waals surface area contributed by atoms with Crippen molar-refractivity contribution < 1.29 is 14.3 Å². The van der Waals surface area contributed by atoms with Crippen molar-refractivity contribution in [2.45, 2.75) is 33.6 Å². The molecule has 0 aromatic carbocycles. The number of hydrogen-bond acceptors (Lipinski definition) is 4. The minimum atomic E-state index is -0.126. The second-order valence-electron chi connectivity index (χ2n) is 4.91. The van der Waals surface area contributed by atoms with Gasteiger partial charge in [0, 0.05) is 19.2 Å². The van der Waals surface area contributed by atoms with Crippen LogP contribution >= 0.6 is 0 Å². The van der Waals surface area contributed by atoms with Gasteiger partial charge in [-0.15, -0.1) is 0 Å². The summed E-state index contributed by atoms with van der Waals surface area (Å²) in [5.41, 5.74) is 0.321. The number of aromatic nitrogens is 1. The third-order valence-corrected chi connectivity index (χ3v) is 2.70. The Labute approximate surface area is 120 Å². The molecule has 0 aliphatic rings. The molecule has 0 bridgehead atoms. The average molecular weight is 277 g/mol. The second kappa shape index (κ2) is 8.35. The van der Waals surface area contributed by atoms with Crippen LogP contribution in [0.1, 0.15) is 44.1 Å². The molecular weight excluding hydrogens is 254 g/mol. The lowest BCUT2D eigenvalue weighted by molar-refractivity contribution is 0.100. The Bertz CT molecular complexity index is 467. The number of carbonyl (C=O) groups is 1. The van der Waals surface area contributed by atoms with Crippen molar-refractivity contribution in [1.29, 1.82) is 0 Å². The van der Waals surface area contributed by atoms with Gasteiger partial charge in [0.2, 0.25) is 0 Å². The zero-order chi connectivity index (χ0) is 15.0. The molecule has 4 nitrogen and oxygen atoms in total. The molecule has 20 heavy (non-hydrogen) atoms. The second-order valence-corrected chi connectivity index (χ2v) is 4.91. The Kier molecular flexibility index (Phi) is 6.77. The topological polar surface area (TPSA) is 48.4 Å². The molecule has 0 N–H and O–H groups in total. The summed E-state index contributed by atoms with van der Waals surface area (Å²) in [6.07, 6.45) is 7.72. The van der Waals surface area contributed by atoms with E-state index in [2.05, 4.69) is 31.0 Å². The molecule has 1 aromatic heterocycles. The molecule has 0 aliphatic heterocycles. The average Bonchev–Trinajstić information content (AvgIpc) is 2.41. The monoisotopic (exact) mass is 277 g/mol. The van der Waals surface area contributed by atoms with E-state index in [0.29, 0.717) is 29.7 Å². The van der Waals surface area contributed by atoms with Gasteiger partial charge < -0.3 is 9.47 Å². The predicted molar refractivity (Wildman–Crippen MR) is 79.5 cm³/mol. The quantitative estimate of drug-likeness (QED) is 0.413. The molecule has 110 valence electrons. The number of rotatable bonds is 8. The Morgan fingerprint density at radius 3 is 2.80 bits per heavy atom. The summed E-state index contributed by atoms with van der Waals surface area (Å²) in [7, 11) is 1.55. The van der Waals surface area contributed by atoms with Crippen molar-refractivity contribution in [3.8, 4) is 11.5 Å². The highest BCUT2D eigenvalue weighted by Crippen LogP contribution is 2.29. The number of hydrogen-bond donors (Lipinski definition) is 0. The molecule has 0 saturated heterocycles. The van der Waals surface area contributed by atoms with Crippen LogP contribution in [0.4, 0.5) is 0 Å². The van der Waals surface area contributed by atoms with Gasteiger partial charge in [-0.25, -0.2) is 4.98 Å². The highest BCUT2D eigenvalue weighted by atomic mass is 16.5. The van der Waals surface area contributed by atoms with Crippen LogP contribution in [0.5, 0.6) is 11.5 Å². The Balaban J connectivity index is 2.60. The van der Waals surface area contributed by atoms with Crippen molar-refractivity contribution in [2.24, 2.45) is 5.92 Å². The molecule has 0 fully saturated rings. The molecule has 1 rings (SSSR count). The van der Waals surface area contributed by atoms with Crippen molar-refractivity contribution in [3.63, 3.8) is 0 Å². The first-order valence-corrected chi connectivity index (χ1v) is 6.89. The summed E-state index contributed by atoms with van der Waals surface area (Å²) in [5, 5.41) is 0. The summed E-state index contributed by atoms with van der Waals surface area (Å²) in [6, 6.07) is 1.69. The SMILES string of the molecule is COc1ccnc(C(C)=O)c1OCCC/C=C/C(C)C. The molecule has 0 atom stereocenters. The van der Waals surface area contributed by atoms with Gasteiger partial charge in [0.15, 0.2) is 23.0 Å². The van der Waals surface area contributed by atoms with E-state index in [1.807, 2.05) is 0 Å². The van der Waals surface area contributed by atoms with Gasteiger partial charge in [-0.1, -0.05) is 26.0 Å². The summed E-state index contributed by atoms with van der Waals surface area (Å²) >= 11 is 0. The molecule has 0 saturated carbocycles. The molecule has 1 aromatic rings. The number of pyridine rings is 1. The van der Waals surface area contributed by atoms with Gasteiger partial charge in [-0.05, 0) is 18.8 Å². The van der Waals surface area contributed by atoms with E-state index in [-0.39, 0.29) is 5.78 Å². The van der Waals surface area contributed by atoms with E-state index in [0.717, 1.165) is 12.8 Å². The molecule has 0 radical (unpaired) electrons. The summed E-state index contributed by atoms with van der Waals surface area (Å²) in [6.45, 7) is 6.30. The van der Waals surface area contributed by atoms with Crippen molar-refractivity contribution in [2.75, 3.05) is 13.7 Å². The highest BCUT2D eigenvalue weighted by molar-refractivity contribution is 5.95. The maximum absolute atomic E-state index is 11.5. The van der Waals surface area contributed by atoms with E-state index in [9.17, 15) is 4.79 Å². The fourth-order valence-electron chi connectivity index (χ4n) is 1.73. The molecule has 1 heterocycles. The Hall–Kier alpha value is -1.84. The van der Waals surface area contributed by atoms with Crippen LogP contribution in [0.25, 0.3) is 0 Å². The predicted octanol–water partition coefficient (Wildman–Crippen LogP) is 3.66. The molecular formula is C16H23NO3. The Morgan fingerprint density at radius 1 is 1.45 bits per heavy atom. The number of ketones is 1. The number of unbranched alkanes of at least 4 members (excludes halogenated alkanes) is 1. The number of allylic oxidation sites excluding steroid dienone is 2. The van der Waals surface area contributed by atoms with Crippen molar-refractivity contribution >= 4 is 5.78 Å². The zero-order valence-electron chi connectivity index (χ0n) is 12.7. The summed E-state index contributed by atoms with van der Waals surface area (Å²) in [4.78, 5) is 15.6. The number of carbonyl (C=O) groups excluding carboxylic acids is 1. The van der Waals surface area contributed by atoms with Crippen LogP contribution < -0.4 is 9.47 Å². The highest BCUT2D eigenvalue weighted by Gasteiger charge is 2.15. The molecule has 0 spiro atoms. The zero-order valence-corrected chi connectivity index (χ0v) is 12.7. The fraction of sp³-hybridized carbons (Fsp3) is 0.500. The summed E-state index contributed by atoms with van der Waals surface area (Å²) in [5.74, 6) is 1.43. The lowest BCUT2D eigenvalue weighted by atomic mass is 10.2. The molecule has 0 amide bonds. The largest absolute Gasteiger partial charge is 0.493 e. The third-order valence-electron chi connectivity index (χ3n) is 2.70. The minimum absolute atomic E-state index is 0.126. The normalized spacial score (nSPS) is 11.1. The number of methoxy groups -OCH3 is 1. The van der Waals surface area contributed by atoms with Crippen LogP contribution in [-0.4, -0.2) is 24.5 Å². The van der Waals surface area contributed by atoms with Gasteiger partial charge >= 0.3 is 0 Å². The first-order chi connectivity index (χ1) is 9.56. The first kappa shape index (κ1) is 16.2. The lowest BCUT2D eigenvalue weighted by Gasteiger charge is -2.12. The van der Waals surface area contributed by atoms with E-state index in [4.69, 9.17) is 9.47 Å². The standard InChI is InChI=1S/C16H23NO3/c1-12(2)8-6-5-7-11-20-16-14(19-4)9-10-17-15(16)13(3)18/h6,8-10,12H,5,7,11H2,1-4H3/b8-6+. The van der Waals surface area contributed by atoms with Crippen LogP contribution in [0.3, 0.4) is 0 Å². The number of ether oxygens (including phenoxy) is 2. The van der Waals surface area contributed by atoms with Gasteiger partial charge in [-0.3, -0.25) is 4.79 Å². The molecule has 4 heteroatoms. The smallest absolute Gasteiger partial charge is 0.190 e. The van der Waals surface area contributed by atoms with Crippen LogP contribution in [0, 0.1) is 5.92 Å². The van der Waals surface area contributed by atoms with Crippen LogP contribution in [0.15, 0.2) is 24.4 Å². The number of nitrogens with zero attached hydrogens (tertiary/aromatic N) is 1. The van der Waals surface area contributed by atoms with Crippen molar-refractivity contribution in [3.05, 3.63) is 30.1 Å². The van der Waals surface area contributed by atoms with E-state index in [1.165, 1.54) is 6.92 Å². The maximum atomic E-state index is 11.5. The fourth-order valence-corrected chi connectivity index (χ4v) is 1.73. The van der Waals surface area contributed by atoms with Gasteiger partial charge in [0.1, 0.15) is 0 Å². The van der Waals surface area contributed by atoms with Crippen LogP contribution in [0.2, 0.25) is 0 Å². The van der Waals surface area contributed by atoms with Crippen molar-refractivity contribution in [1.82, 2.24) is 4.98 Å². The van der Waals surface area contributed by atoms with E-state index >= 15 is 0 Å². The Morgan fingerprint density at radius 2 is 2.20 bits per heavy atom. The molecule has 0 aliphatic carbocycles.